The van der Waals surface area contributed by atoms with Crippen LogP contribution in [0.2, 0.25) is 5.02 Å². The Morgan fingerprint density at radius 2 is 1.91 bits per heavy atom. The molecule has 4 nitrogen and oxygen atoms in total. The molecule has 2 aromatic rings. The first-order valence-corrected chi connectivity index (χ1v) is 8.14. The quantitative estimate of drug-likeness (QED) is 0.834. The summed E-state index contributed by atoms with van der Waals surface area (Å²) in [6.45, 7) is 3.23. The van der Waals surface area contributed by atoms with Crippen molar-refractivity contribution in [1.82, 2.24) is 0 Å². The van der Waals surface area contributed by atoms with Crippen LogP contribution in [0.1, 0.15) is 12.5 Å². The van der Waals surface area contributed by atoms with Crippen LogP contribution >= 0.6 is 27.5 Å². The largest absolute Gasteiger partial charge is 0.324 e. The fraction of sp³-hybridized carbons (Fsp3) is 0.176. The highest BCUT2D eigenvalue weighted by Crippen LogP contribution is 2.26. The Morgan fingerprint density at radius 3 is 2.57 bits per heavy atom. The van der Waals surface area contributed by atoms with E-state index in [4.69, 9.17) is 11.6 Å². The Labute approximate surface area is 148 Å². The number of carbonyl (C=O) groups is 2. The average molecular weight is 396 g/mol. The fourth-order valence-electron chi connectivity index (χ4n) is 2.10. The van der Waals surface area contributed by atoms with Crippen molar-refractivity contribution in [1.29, 1.82) is 0 Å². The van der Waals surface area contributed by atoms with Crippen molar-refractivity contribution < 1.29 is 9.59 Å². The molecule has 1 N–H and O–H groups in total. The summed E-state index contributed by atoms with van der Waals surface area (Å²) in [5.41, 5.74) is 2.19. The van der Waals surface area contributed by atoms with Crippen LogP contribution in [0.5, 0.6) is 0 Å². The van der Waals surface area contributed by atoms with Gasteiger partial charge < -0.3 is 10.2 Å². The van der Waals surface area contributed by atoms with Gasteiger partial charge in [0, 0.05) is 22.1 Å². The van der Waals surface area contributed by atoms with Gasteiger partial charge in [0.25, 0.3) is 0 Å². The highest BCUT2D eigenvalue weighted by Gasteiger charge is 2.18. The molecule has 0 aliphatic carbocycles. The zero-order valence-corrected chi connectivity index (χ0v) is 15.1. The molecule has 0 aliphatic heterocycles. The molecule has 0 aliphatic rings. The molecule has 0 unspecified atom stereocenters. The molecule has 0 bridgehead atoms. The van der Waals surface area contributed by atoms with Gasteiger partial charge in [-0.25, -0.2) is 0 Å². The zero-order chi connectivity index (χ0) is 17.0. The molecule has 0 heterocycles. The monoisotopic (exact) mass is 394 g/mol. The number of carbonyl (C=O) groups excluding carboxylic acids is 2. The Kier molecular flexibility index (Phi) is 5.80. The third-order valence-electron chi connectivity index (χ3n) is 3.30. The Bertz CT molecular complexity index is 749. The topological polar surface area (TPSA) is 49.4 Å². The number of rotatable bonds is 4. The van der Waals surface area contributed by atoms with Crippen LogP contribution in [0.3, 0.4) is 0 Å². The van der Waals surface area contributed by atoms with Gasteiger partial charge in [-0.2, -0.15) is 0 Å². The molecule has 23 heavy (non-hydrogen) atoms. The second-order valence-electron chi connectivity index (χ2n) is 5.06. The van der Waals surface area contributed by atoms with E-state index in [-0.39, 0.29) is 18.4 Å². The van der Waals surface area contributed by atoms with E-state index in [2.05, 4.69) is 21.2 Å². The molecule has 0 saturated carbocycles. The summed E-state index contributed by atoms with van der Waals surface area (Å²) in [6, 6.07) is 12.5. The summed E-state index contributed by atoms with van der Waals surface area (Å²) < 4.78 is 0.752. The molecule has 0 spiro atoms. The van der Waals surface area contributed by atoms with E-state index in [0.29, 0.717) is 16.4 Å². The molecule has 2 rings (SSSR count). The molecular formula is C17H16BrClN2O2. The van der Waals surface area contributed by atoms with Gasteiger partial charge in [-0.15, -0.1) is 0 Å². The van der Waals surface area contributed by atoms with Gasteiger partial charge in [0.2, 0.25) is 11.8 Å². The van der Waals surface area contributed by atoms with Crippen molar-refractivity contribution in [2.24, 2.45) is 0 Å². The molecule has 120 valence electrons. The highest BCUT2D eigenvalue weighted by atomic mass is 79.9. The number of hydrogen-bond donors (Lipinski definition) is 1. The van der Waals surface area contributed by atoms with Gasteiger partial charge >= 0.3 is 0 Å². The van der Waals surface area contributed by atoms with E-state index in [1.54, 1.807) is 18.2 Å². The van der Waals surface area contributed by atoms with Crippen molar-refractivity contribution in [3.05, 3.63) is 57.5 Å². The van der Waals surface area contributed by atoms with Crippen molar-refractivity contribution in [3.63, 3.8) is 0 Å². The summed E-state index contributed by atoms with van der Waals surface area (Å²) >= 11 is 9.35. The van der Waals surface area contributed by atoms with Gasteiger partial charge in [0.15, 0.2) is 0 Å². The second-order valence-corrected chi connectivity index (χ2v) is 6.35. The first kappa shape index (κ1) is 17.5. The lowest BCUT2D eigenvalue weighted by molar-refractivity contribution is -0.120. The summed E-state index contributed by atoms with van der Waals surface area (Å²) in [5.74, 6) is -0.504. The second kappa shape index (κ2) is 7.62. The van der Waals surface area contributed by atoms with Crippen molar-refractivity contribution >= 4 is 50.7 Å². The predicted molar refractivity (Wildman–Crippen MR) is 97.0 cm³/mol. The van der Waals surface area contributed by atoms with Crippen LogP contribution in [0.25, 0.3) is 0 Å². The minimum absolute atomic E-state index is 0.0795. The van der Waals surface area contributed by atoms with Crippen molar-refractivity contribution in [2.75, 3.05) is 16.8 Å². The first-order chi connectivity index (χ1) is 10.9. The van der Waals surface area contributed by atoms with Gasteiger partial charge in [0.05, 0.1) is 5.69 Å². The summed E-state index contributed by atoms with van der Waals surface area (Å²) in [4.78, 5) is 25.6. The molecule has 0 fully saturated rings. The average Bonchev–Trinajstić information content (AvgIpc) is 2.49. The lowest BCUT2D eigenvalue weighted by atomic mass is 10.2. The maximum Gasteiger partial charge on any atom is 0.244 e. The minimum Gasteiger partial charge on any atom is -0.324 e. The number of aryl methyl sites for hydroxylation is 1. The maximum absolute atomic E-state index is 12.3. The molecule has 0 radical (unpaired) electrons. The van der Waals surface area contributed by atoms with Crippen LogP contribution < -0.4 is 10.2 Å². The number of nitrogens with one attached hydrogen (secondary N) is 1. The standard InChI is InChI=1S/C17H16BrClN2O2/c1-11-7-8-13(19)9-15(11)20-17(23)10-21(12(2)22)16-6-4-3-5-14(16)18/h3-9H,10H2,1-2H3,(H,20,23). The molecule has 0 saturated heterocycles. The van der Waals surface area contributed by atoms with Crippen LogP contribution in [0, 0.1) is 6.92 Å². The molecule has 0 aromatic heterocycles. The summed E-state index contributed by atoms with van der Waals surface area (Å²) in [6.07, 6.45) is 0. The fourth-order valence-corrected chi connectivity index (χ4v) is 2.77. The van der Waals surface area contributed by atoms with E-state index in [1.165, 1.54) is 11.8 Å². The number of hydrogen-bond acceptors (Lipinski definition) is 2. The lowest BCUT2D eigenvalue weighted by Crippen LogP contribution is -2.37. The van der Waals surface area contributed by atoms with E-state index < -0.39 is 0 Å². The number of benzene rings is 2. The lowest BCUT2D eigenvalue weighted by Gasteiger charge is -2.22. The predicted octanol–water partition coefficient (Wildman–Crippen LogP) is 4.40. The first-order valence-electron chi connectivity index (χ1n) is 6.97. The van der Waals surface area contributed by atoms with E-state index in [1.807, 2.05) is 31.2 Å². The molecule has 2 aromatic carbocycles. The number of para-hydroxylation sites is 1. The van der Waals surface area contributed by atoms with Crippen LogP contribution in [0.15, 0.2) is 46.9 Å². The number of halogens is 2. The third kappa shape index (κ3) is 4.56. The smallest absolute Gasteiger partial charge is 0.244 e. The van der Waals surface area contributed by atoms with Crippen molar-refractivity contribution in [2.45, 2.75) is 13.8 Å². The van der Waals surface area contributed by atoms with Gasteiger partial charge in [0.1, 0.15) is 6.54 Å². The highest BCUT2D eigenvalue weighted by molar-refractivity contribution is 9.10. The molecule has 0 atom stereocenters. The summed E-state index contributed by atoms with van der Waals surface area (Å²) in [5, 5.41) is 3.33. The zero-order valence-electron chi connectivity index (χ0n) is 12.8. The maximum atomic E-state index is 12.3. The van der Waals surface area contributed by atoms with Crippen LogP contribution in [-0.4, -0.2) is 18.4 Å². The van der Waals surface area contributed by atoms with E-state index >= 15 is 0 Å². The molecule has 6 heteroatoms. The normalized spacial score (nSPS) is 10.3. The number of anilines is 2. The van der Waals surface area contributed by atoms with Crippen molar-refractivity contribution in [3.8, 4) is 0 Å². The number of amides is 2. The van der Waals surface area contributed by atoms with Crippen LogP contribution in [0.4, 0.5) is 11.4 Å². The third-order valence-corrected chi connectivity index (χ3v) is 4.20. The SMILES string of the molecule is CC(=O)N(CC(=O)Nc1cc(Cl)ccc1C)c1ccccc1Br. The Balaban J connectivity index is 2.18. The summed E-state index contributed by atoms with van der Waals surface area (Å²) in [7, 11) is 0. The minimum atomic E-state index is -0.290. The molecular weight excluding hydrogens is 380 g/mol. The van der Waals surface area contributed by atoms with Crippen LogP contribution in [-0.2, 0) is 9.59 Å². The van der Waals surface area contributed by atoms with Gasteiger partial charge in [-0.1, -0.05) is 29.8 Å². The Morgan fingerprint density at radius 1 is 1.22 bits per heavy atom. The number of nitrogens with zero attached hydrogens (tertiary/aromatic N) is 1. The van der Waals surface area contributed by atoms with E-state index in [9.17, 15) is 9.59 Å². The molecule has 2 amide bonds. The van der Waals surface area contributed by atoms with Gasteiger partial charge in [-0.3, -0.25) is 9.59 Å². The van der Waals surface area contributed by atoms with E-state index in [0.717, 1.165) is 10.0 Å². The van der Waals surface area contributed by atoms with Gasteiger partial charge in [-0.05, 0) is 52.7 Å². The Hall–Kier alpha value is -1.85.